The highest BCUT2D eigenvalue weighted by Gasteiger charge is 2.30. The normalized spacial score (nSPS) is 15.1. The highest BCUT2D eigenvalue weighted by Crippen LogP contribution is 2.28. The van der Waals surface area contributed by atoms with Crippen LogP contribution in [-0.4, -0.2) is 62.3 Å². The molecule has 32 heavy (non-hydrogen) atoms. The van der Waals surface area contributed by atoms with Crippen LogP contribution < -0.4 is 0 Å². The lowest BCUT2D eigenvalue weighted by Crippen LogP contribution is -2.51. The summed E-state index contributed by atoms with van der Waals surface area (Å²) < 4.78 is 59.1. The number of esters is 1. The minimum Gasteiger partial charge on any atom is -0.451 e. The first-order valence-corrected chi connectivity index (χ1v) is 11.9. The van der Waals surface area contributed by atoms with Crippen LogP contribution in [-0.2, 0) is 19.6 Å². The number of benzene rings is 2. The van der Waals surface area contributed by atoms with Crippen LogP contribution in [0.25, 0.3) is 10.1 Å². The lowest BCUT2D eigenvalue weighted by molar-refractivity contribution is -0.135. The Hall–Kier alpha value is -2.89. The summed E-state index contributed by atoms with van der Waals surface area (Å²) in [4.78, 5) is 26.2. The molecule has 4 rings (SSSR count). The maximum absolute atomic E-state index is 13.8. The zero-order valence-electron chi connectivity index (χ0n) is 16.7. The van der Waals surface area contributed by atoms with Gasteiger partial charge in [0.1, 0.15) is 16.5 Å². The van der Waals surface area contributed by atoms with Crippen LogP contribution >= 0.6 is 11.3 Å². The molecule has 1 aliphatic rings. The number of hydrogen-bond acceptors (Lipinski definition) is 6. The number of fused-ring (bicyclic) bond motifs is 1. The van der Waals surface area contributed by atoms with Crippen molar-refractivity contribution >= 4 is 43.3 Å². The molecule has 0 N–H and O–H groups in total. The van der Waals surface area contributed by atoms with Crippen molar-refractivity contribution in [1.82, 2.24) is 9.21 Å². The van der Waals surface area contributed by atoms with Crippen molar-refractivity contribution in [2.45, 2.75) is 4.90 Å². The standard InChI is InChI=1S/C21H18F2N2O5S2/c22-14-4-6-15(7-5-14)32(28,29)25-10-8-24(9-11-25)20(26)13-30-21(27)19-12-16-17(23)2-1-3-18(16)31-19/h1-7,12H,8-11,13H2. The Morgan fingerprint density at radius 2 is 1.69 bits per heavy atom. The molecule has 168 valence electrons. The Kier molecular flexibility index (Phi) is 6.22. The molecule has 3 aromatic rings. The minimum atomic E-state index is -3.79. The molecule has 0 unspecified atom stereocenters. The summed E-state index contributed by atoms with van der Waals surface area (Å²) in [5, 5.41) is 0.314. The average molecular weight is 481 g/mol. The summed E-state index contributed by atoms with van der Waals surface area (Å²) in [5.41, 5.74) is 0. The van der Waals surface area contributed by atoms with Crippen LogP contribution in [0.2, 0.25) is 0 Å². The molecule has 7 nitrogen and oxygen atoms in total. The molecule has 0 aliphatic carbocycles. The van der Waals surface area contributed by atoms with Gasteiger partial charge in [-0.2, -0.15) is 4.31 Å². The SMILES string of the molecule is O=C(OCC(=O)N1CCN(S(=O)(=O)c2ccc(F)cc2)CC1)c1cc2c(F)cccc2s1. The molecule has 0 spiro atoms. The van der Waals surface area contributed by atoms with E-state index in [0.29, 0.717) is 10.1 Å². The fourth-order valence-corrected chi connectivity index (χ4v) is 5.74. The first-order valence-electron chi connectivity index (χ1n) is 9.64. The first kappa shape index (κ1) is 22.3. The monoisotopic (exact) mass is 480 g/mol. The topological polar surface area (TPSA) is 84.0 Å². The van der Waals surface area contributed by atoms with Crippen molar-refractivity contribution in [3.8, 4) is 0 Å². The molecule has 0 bridgehead atoms. The molecule has 1 aromatic heterocycles. The number of ether oxygens (including phenoxy) is 1. The van der Waals surface area contributed by atoms with E-state index in [1.807, 2.05) is 0 Å². The molecule has 0 saturated carbocycles. The number of sulfonamides is 1. The maximum Gasteiger partial charge on any atom is 0.348 e. The molecule has 0 atom stereocenters. The number of halogens is 2. The van der Waals surface area contributed by atoms with E-state index in [1.54, 1.807) is 12.1 Å². The molecule has 1 aliphatic heterocycles. The minimum absolute atomic E-state index is 0.0209. The van der Waals surface area contributed by atoms with E-state index in [0.717, 1.165) is 23.5 Å². The molecule has 1 fully saturated rings. The lowest BCUT2D eigenvalue weighted by Gasteiger charge is -2.33. The van der Waals surface area contributed by atoms with Crippen molar-refractivity contribution in [2.75, 3.05) is 32.8 Å². The largest absolute Gasteiger partial charge is 0.451 e. The van der Waals surface area contributed by atoms with Crippen molar-refractivity contribution in [1.29, 1.82) is 0 Å². The molecular weight excluding hydrogens is 462 g/mol. The summed E-state index contributed by atoms with van der Waals surface area (Å²) in [5.74, 6) is -2.15. The van der Waals surface area contributed by atoms with Gasteiger partial charge in [-0.1, -0.05) is 6.07 Å². The van der Waals surface area contributed by atoms with E-state index in [1.165, 1.54) is 33.5 Å². The van der Waals surface area contributed by atoms with Crippen LogP contribution in [0, 0.1) is 11.6 Å². The Bertz CT molecular complexity index is 1270. The fourth-order valence-electron chi connectivity index (χ4n) is 3.35. The maximum atomic E-state index is 13.8. The molecule has 2 heterocycles. The molecule has 1 saturated heterocycles. The van der Waals surface area contributed by atoms with Crippen LogP contribution in [0.15, 0.2) is 53.4 Å². The number of thiophene rings is 1. The van der Waals surface area contributed by atoms with Gasteiger partial charge in [0.2, 0.25) is 10.0 Å². The van der Waals surface area contributed by atoms with E-state index in [2.05, 4.69) is 0 Å². The van der Waals surface area contributed by atoms with Crippen molar-refractivity contribution < 1.29 is 31.5 Å². The number of carbonyl (C=O) groups excluding carboxylic acids is 2. The zero-order valence-corrected chi connectivity index (χ0v) is 18.3. The highest BCUT2D eigenvalue weighted by atomic mass is 32.2. The van der Waals surface area contributed by atoms with Crippen molar-refractivity contribution in [3.05, 3.63) is 65.0 Å². The van der Waals surface area contributed by atoms with E-state index in [4.69, 9.17) is 4.74 Å². The predicted octanol–water partition coefficient (Wildman–Crippen LogP) is 2.87. The van der Waals surface area contributed by atoms with Gasteiger partial charge >= 0.3 is 5.97 Å². The number of hydrogen-bond donors (Lipinski definition) is 0. The Morgan fingerprint density at radius 3 is 2.34 bits per heavy atom. The highest BCUT2D eigenvalue weighted by molar-refractivity contribution is 7.89. The quantitative estimate of drug-likeness (QED) is 0.525. The fraction of sp³-hybridized carbons (Fsp3) is 0.238. The second kappa shape index (κ2) is 8.93. The number of rotatable bonds is 5. The van der Waals surface area contributed by atoms with Crippen LogP contribution in [0.5, 0.6) is 0 Å². The third kappa shape index (κ3) is 4.50. The van der Waals surface area contributed by atoms with Crippen molar-refractivity contribution in [3.63, 3.8) is 0 Å². The van der Waals surface area contributed by atoms with E-state index < -0.39 is 40.1 Å². The summed E-state index contributed by atoms with van der Waals surface area (Å²) in [7, 11) is -3.79. The van der Waals surface area contributed by atoms with E-state index in [-0.39, 0.29) is 36.0 Å². The van der Waals surface area contributed by atoms with Crippen LogP contribution in [0.4, 0.5) is 8.78 Å². The Morgan fingerprint density at radius 1 is 1.00 bits per heavy atom. The molecule has 1 amide bonds. The van der Waals surface area contributed by atoms with Gasteiger partial charge in [0.25, 0.3) is 5.91 Å². The van der Waals surface area contributed by atoms with Gasteiger partial charge in [-0.05, 0) is 42.5 Å². The molecule has 0 radical (unpaired) electrons. The first-order chi connectivity index (χ1) is 15.3. The summed E-state index contributed by atoms with van der Waals surface area (Å²) in [6, 6.07) is 10.5. The van der Waals surface area contributed by atoms with Gasteiger partial charge in [-0.25, -0.2) is 22.0 Å². The van der Waals surface area contributed by atoms with Crippen LogP contribution in [0.1, 0.15) is 9.67 Å². The van der Waals surface area contributed by atoms with Crippen LogP contribution in [0.3, 0.4) is 0 Å². The lowest BCUT2D eigenvalue weighted by atomic mass is 10.2. The van der Waals surface area contributed by atoms with E-state index >= 15 is 0 Å². The van der Waals surface area contributed by atoms with Gasteiger partial charge in [0, 0.05) is 36.3 Å². The third-order valence-corrected chi connectivity index (χ3v) is 8.07. The number of carbonyl (C=O) groups is 2. The van der Waals surface area contributed by atoms with Gasteiger partial charge < -0.3 is 9.64 Å². The Labute approximate surface area is 186 Å². The number of amides is 1. The molecular formula is C21H18F2N2O5S2. The van der Waals surface area contributed by atoms with Gasteiger partial charge in [-0.15, -0.1) is 11.3 Å². The smallest absolute Gasteiger partial charge is 0.348 e. The second-order valence-electron chi connectivity index (χ2n) is 7.08. The molecule has 2 aromatic carbocycles. The summed E-state index contributed by atoms with van der Waals surface area (Å²) >= 11 is 1.07. The van der Waals surface area contributed by atoms with Crippen molar-refractivity contribution in [2.24, 2.45) is 0 Å². The van der Waals surface area contributed by atoms with Gasteiger partial charge in [-0.3, -0.25) is 4.79 Å². The predicted molar refractivity (Wildman–Crippen MR) is 114 cm³/mol. The average Bonchev–Trinajstić information content (AvgIpc) is 3.23. The third-order valence-electron chi connectivity index (χ3n) is 5.08. The number of piperazine rings is 1. The van der Waals surface area contributed by atoms with Gasteiger partial charge in [0.05, 0.1) is 4.90 Å². The number of nitrogens with zero attached hydrogens (tertiary/aromatic N) is 2. The summed E-state index contributed by atoms with van der Waals surface area (Å²) in [6.45, 7) is -0.111. The van der Waals surface area contributed by atoms with Gasteiger partial charge in [0.15, 0.2) is 6.61 Å². The second-order valence-corrected chi connectivity index (χ2v) is 10.1. The Balaban J connectivity index is 1.32. The zero-order chi connectivity index (χ0) is 22.9. The van der Waals surface area contributed by atoms with E-state index in [9.17, 15) is 26.8 Å². The summed E-state index contributed by atoms with van der Waals surface area (Å²) in [6.07, 6.45) is 0. The molecule has 11 heteroatoms.